The van der Waals surface area contributed by atoms with Gasteiger partial charge < -0.3 is 10.1 Å². The van der Waals surface area contributed by atoms with Crippen LogP contribution in [0.15, 0.2) is 66.7 Å². The summed E-state index contributed by atoms with van der Waals surface area (Å²) in [5, 5.41) is 2.85. The van der Waals surface area contributed by atoms with Gasteiger partial charge in [0.05, 0.1) is 24.5 Å². The van der Waals surface area contributed by atoms with E-state index >= 15 is 0 Å². The normalized spacial score (nSPS) is 30.5. The number of esters is 1. The van der Waals surface area contributed by atoms with Crippen LogP contribution in [-0.2, 0) is 25.5 Å². The lowest BCUT2D eigenvalue weighted by Crippen LogP contribution is -2.49. The quantitative estimate of drug-likeness (QED) is 0.398. The van der Waals surface area contributed by atoms with Crippen molar-refractivity contribution in [3.8, 4) is 0 Å². The number of allylic oxidation sites excluding steroid dienone is 2. The fraction of sp³-hybridized carbons (Fsp3) is 0.357. The Kier molecular flexibility index (Phi) is 5.09. The number of imide groups is 1. The molecule has 7 heteroatoms. The molecule has 0 radical (unpaired) electrons. The molecule has 2 aromatic carbocycles. The first-order chi connectivity index (χ1) is 17.0. The minimum Gasteiger partial charge on any atom is -0.465 e. The van der Waals surface area contributed by atoms with E-state index in [1.54, 1.807) is 24.3 Å². The molecule has 2 bridgehead atoms. The number of carbonyl (C=O) groups excluding carboxylic acids is 4. The molecule has 1 heterocycles. The van der Waals surface area contributed by atoms with Crippen LogP contribution in [0.4, 0.5) is 5.69 Å². The van der Waals surface area contributed by atoms with Gasteiger partial charge in [0, 0.05) is 12.1 Å². The molecule has 4 aliphatic carbocycles. The van der Waals surface area contributed by atoms with Crippen LogP contribution in [0.3, 0.4) is 0 Å². The minimum atomic E-state index is -0.959. The maximum atomic E-state index is 13.7. The van der Waals surface area contributed by atoms with Crippen molar-refractivity contribution in [2.24, 2.45) is 35.5 Å². The Bertz CT molecular complexity index is 1200. The average molecular weight is 471 g/mol. The van der Waals surface area contributed by atoms with Crippen molar-refractivity contribution in [3.05, 3.63) is 77.9 Å². The predicted molar refractivity (Wildman–Crippen MR) is 127 cm³/mol. The Labute approximate surface area is 203 Å². The van der Waals surface area contributed by atoms with Gasteiger partial charge in [0.2, 0.25) is 17.7 Å². The number of amides is 3. The number of anilines is 1. The van der Waals surface area contributed by atoms with Gasteiger partial charge in [-0.15, -0.1) is 0 Å². The third kappa shape index (κ3) is 3.49. The zero-order valence-electron chi connectivity index (χ0n) is 19.3. The monoisotopic (exact) mass is 470 g/mol. The number of carbonyl (C=O) groups is 4. The van der Waals surface area contributed by atoms with Crippen LogP contribution in [0.5, 0.6) is 0 Å². The Hall–Kier alpha value is -3.74. The molecule has 3 fully saturated rings. The number of hydrogen-bond donors (Lipinski definition) is 1. The number of methoxy groups -OCH3 is 1. The number of likely N-dealkylation sites (tertiary alicyclic amines) is 1. The van der Waals surface area contributed by atoms with Gasteiger partial charge in [-0.2, -0.15) is 0 Å². The van der Waals surface area contributed by atoms with E-state index in [4.69, 9.17) is 4.74 Å². The Morgan fingerprint density at radius 3 is 2.11 bits per heavy atom. The molecule has 2 aromatic rings. The van der Waals surface area contributed by atoms with Crippen LogP contribution < -0.4 is 5.32 Å². The van der Waals surface area contributed by atoms with Crippen molar-refractivity contribution in [3.63, 3.8) is 0 Å². The summed E-state index contributed by atoms with van der Waals surface area (Å²) >= 11 is 0. The van der Waals surface area contributed by atoms with E-state index in [2.05, 4.69) is 17.5 Å². The number of nitrogens with one attached hydrogen (secondary N) is 1. The summed E-state index contributed by atoms with van der Waals surface area (Å²) in [4.78, 5) is 53.9. The molecular formula is C28H26N2O5. The van der Waals surface area contributed by atoms with Crippen LogP contribution in [-0.4, -0.2) is 41.7 Å². The van der Waals surface area contributed by atoms with Crippen molar-refractivity contribution in [2.75, 3.05) is 12.4 Å². The van der Waals surface area contributed by atoms with Gasteiger partial charge in [-0.05, 0) is 59.9 Å². The molecule has 5 aliphatic rings. The largest absolute Gasteiger partial charge is 0.465 e. The van der Waals surface area contributed by atoms with Gasteiger partial charge >= 0.3 is 5.97 Å². The second kappa shape index (κ2) is 8.18. The first-order valence-corrected chi connectivity index (χ1v) is 12.1. The average Bonchev–Trinajstić information content (AvgIpc) is 3.67. The van der Waals surface area contributed by atoms with E-state index in [-0.39, 0.29) is 41.9 Å². The molecule has 1 saturated heterocycles. The lowest BCUT2D eigenvalue weighted by molar-refractivity contribution is -0.146. The van der Waals surface area contributed by atoms with Gasteiger partial charge in [0.25, 0.3) is 0 Å². The second-order valence-corrected chi connectivity index (χ2v) is 9.96. The molecule has 0 spiro atoms. The summed E-state index contributed by atoms with van der Waals surface area (Å²) in [6.07, 6.45) is 5.58. The molecule has 7 atom stereocenters. The van der Waals surface area contributed by atoms with Crippen LogP contribution in [0, 0.1) is 35.5 Å². The minimum absolute atomic E-state index is 0.0998. The number of benzene rings is 2. The summed E-state index contributed by atoms with van der Waals surface area (Å²) in [7, 11) is 1.30. The smallest absolute Gasteiger partial charge is 0.337 e. The highest BCUT2D eigenvalue weighted by molar-refractivity contribution is 6.10. The van der Waals surface area contributed by atoms with Crippen molar-refractivity contribution in [1.29, 1.82) is 0 Å². The third-order valence-corrected chi connectivity index (χ3v) is 8.16. The van der Waals surface area contributed by atoms with E-state index in [0.717, 1.165) is 12.0 Å². The third-order valence-electron chi connectivity index (χ3n) is 8.16. The van der Waals surface area contributed by atoms with Crippen LogP contribution in [0.25, 0.3) is 0 Å². The van der Waals surface area contributed by atoms with Crippen molar-refractivity contribution >= 4 is 29.4 Å². The highest BCUT2D eigenvalue weighted by Crippen LogP contribution is 2.65. The zero-order chi connectivity index (χ0) is 24.3. The zero-order valence-corrected chi connectivity index (χ0v) is 19.3. The van der Waals surface area contributed by atoms with Gasteiger partial charge in [-0.25, -0.2) is 4.79 Å². The molecule has 178 valence electrons. The topological polar surface area (TPSA) is 92.8 Å². The summed E-state index contributed by atoms with van der Waals surface area (Å²) in [6, 6.07) is 14.8. The lowest BCUT2D eigenvalue weighted by Gasteiger charge is -2.37. The Morgan fingerprint density at radius 2 is 1.54 bits per heavy atom. The summed E-state index contributed by atoms with van der Waals surface area (Å²) in [6.45, 7) is 0. The van der Waals surface area contributed by atoms with E-state index in [1.165, 1.54) is 12.0 Å². The molecule has 0 aromatic heterocycles. The van der Waals surface area contributed by atoms with Crippen molar-refractivity contribution in [1.82, 2.24) is 4.90 Å². The standard InChI is InChI=1S/C28H26N2O5/c1-35-28(34)16-7-9-17(10-8-16)29-25(31)22(13-15-5-3-2-4-6-15)30-26(32)23-18-11-12-19(21-14-20(18)21)24(23)27(30)33/h2-12,18-24H,13-14H2,1H3,(H,29,31)/t18-,19-,20-,21-,22-,23+,24+/m0/s1. The van der Waals surface area contributed by atoms with Crippen LogP contribution >= 0.6 is 0 Å². The Balaban J connectivity index is 1.29. The highest BCUT2D eigenvalue weighted by Gasteiger charge is 2.67. The molecule has 1 N–H and O–H groups in total. The molecule has 3 amide bonds. The summed E-state index contributed by atoms with van der Waals surface area (Å²) in [5.41, 5.74) is 1.70. The van der Waals surface area contributed by atoms with Gasteiger partial charge in [-0.3, -0.25) is 19.3 Å². The molecule has 35 heavy (non-hydrogen) atoms. The highest BCUT2D eigenvalue weighted by atomic mass is 16.5. The number of rotatable bonds is 6. The second-order valence-electron chi connectivity index (χ2n) is 9.96. The first-order valence-electron chi connectivity index (χ1n) is 12.1. The maximum Gasteiger partial charge on any atom is 0.337 e. The van der Waals surface area contributed by atoms with Crippen LogP contribution in [0.1, 0.15) is 22.3 Å². The van der Waals surface area contributed by atoms with Crippen molar-refractivity contribution in [2.45, 2.75) is 18.9 Å². The molecular weight excluding hydrogens is 444 g/mol. The van der Waals surface area contributed by atoms with Gasteiger partial charge in [0.1, 0.15) is 6.04 Å². The molecule has 2 saturated carbocycles. The van der Waals surface area contributed by atoms with Crippen LogP contribution in [0.2, 0.25) is 0 Å². The molecule has 1 aliphatic heterocycles. The fourth-order valence-electron chi connectivity index (χ4n) is 6.46. The fourth-order valence-corrected chi connectivity index (χ4v) is 6.46. The van der Waals surface area contributed by atoms with E-state index in [9.17, 15) is 19.2 Å². The summed E-state index contributed by atoms with van der Waals surface area (Å²) in [5.74, 6) is -0.852. The molecule has 0 unspecified atom stereocenters. The maximum absolute atomic E-state index is 13.7. The van der Waals surface area contributed by atoms with E-state index < -0.39 is 17.9 Å². The number of nitrogens with zero attached hydrogens (tertiary/aromatic N) is 1. The molecule has 7 rings (SSSR count). The predicted octanol–water partition coefficient (Wildman–Crippen LogP) is 3.08. The number of ether oxygens (including phenoxy) is 1. The van der Waals surface area contributed by atoms with Gasteiger partial charge in [-0.1, -0.05) is 42.5 Å². The van der Waals surface area contributed by atoms with Gasteiger partial charge in [0.15, 0.2) is 0 Å². The number of hydrogen-bond acceptors (Lipinski definition) is 5. The van der Waals surface area contributed by atoms with E-state index in [1.807, 2.05) is 30.3 Å². The SMILES string of the molecule is COC(=O)c1ccc(NC(=O)[C@H](Cc2ccccc2)N2C(=O)[C@@H]3[C@H]4C=C[C@@H]([C@@H]5C[C@@H]45)[C@H]3C2=O)cc1. The summed E-state index contributed by atoms with van der Waals surface area (Å²) < 4.78 is 4.72. The lowest BCUT2D eigenvalue weighted by atomic mass is 9.63. The Morgan fingerprint density at radius 1 is 0.943 bits per heavy atom. The van der Waals surface area contributed by atoms with E-state index in [0.29, 0.717) is 23.1 Å². The molecule has 7 nitrogen and oxygen atoms in total. The van der Waals surface area contributed by atoms with Crippen molar-refractivity contribution < 1.29 is 23.9 Å². The first kappa shape index (κ1) is 21.8.